The van der Waals surface area contributed by atoms with Gasteiger partial charge >= 0.3 is 0 Å². The van der Waals surface area contributed by atoms with E-state index in [0.717, 1.165) is 0 Å². The first-order valence-corrected chi connectivity index (χ1v) is 3.00. The Labute approximate surface area is 49.8 Å². The van der Waals surface area contributed by atoms with Crippen LogP contribution in [-0.2, 0) is 0 Å². The summed E-state index contributed by atoms with van der Waals surface area (Å²) in [7, 11) is 0. The van der Waals surface area contributed by atoms with Gasteiger partial charge in [-0.2, -0.15) is 0 Å². The molecule has 0 amide bonds. The van der Waals surface area contributed by atoms with Crippen LogP contribution >= 0.6 is 27.5 Å². The average Bonchev–Trinajstić information content (AvgIpc) is 1.35. The third-order valence-corrected chi connectivity index (χ3v) is 1.74. The first-order valence-electron chi connectivity index (χ1n) is 1.50. The van der Waals surface area contributed by atoms with Gasteiger partial charge in [-0.15, -0.1) is 0 Å². The van der Waals surface area contributed by atoms with E-state index in [1.807, 2.05) is 0 Å². The highest BCUT2D eigenvalue weighted by Crippen LogP contribution is 2.17. The highest BCUT2D eigenvalue weighted by atomic mass is 79.9. The molecule has 0 aliphatic rings. The highest BCUT2D eigenvalue weighted by molar-refractivity contribution is 9.09. The predicted octanol–water partition coefficient (Wildman–Crippen LogP) is 2.31. The molecular weight excluding hydrogens is 170 g/mol. The topological polar surface area (TPSA) is 0 Å². The van der Waals surface area contributed by atoms with E-state index in [1.54, 1.807) is 0 Å². The minimum Gasteiger partial charge on any atom is -0.226 e. The van der Waals surface area contributed by atoms with Gasteiger partial charge in [-0.05, 0) is 6.92 Å². The van der Waals surface area contributed by atoms with E-state index in [0.29, 0.717) is 0 Å². The van der Waals surface area contributed by atoms with E-state index in [1.165, 1.54) is 6.92 Å². The van der Waals surface area contributed by atoms with Crippen LogP contribution in [0.5, 0.6) is 0 Å². The summed E-state index contributed by atoms with van der Waals surface area (Å²) in [6.07, 6.45) is 0. The Balaban J connectivity index is 3.17. The average molecular weight is 175 g/mol. The Kier molecular flexibility index (Phi) is 2.37. The van der Waals surface area contributed by atoms with Crippen molar-refractivity contribution in [2.75, 3.05) is 5.33 Å². The maximum atomic E-state index is 11.8. The van der Waals surface area contributed by atoms with Crippen LogP contribution in [0.25, 0.3) is 0 Å². The molecule has 0 bridgehead atoms. The quantitative estimate of drug-likeness (QED) is 0.537. The van der Waals surface area contributed by atoms with Crippen LogP contribution in [-0.4, -0.2) is 10.5 Å². The molecule has 0 spiro atoms. The minimum absolute atomic E-state index is 0.182. The van der Waals surface area contributed by atoms with E-state index in [4.69, 9.17) is 11.6 Å². The summed E-state index contributed by atoms with van der Waals surface area (Å²) in [5.74, 6) is 0. The number of rotatable bonds is 1. The molecule has 1 atom stereocenters. The van der Waals surface area contributed by atoms with Crippen LogP contribution in [0.2, 0.25) is 0 Å². The van der Waals surface area contributed by atoms with Gasteiger partial charge in [0.1, 0.15) is 0 Å². The van der Waals surface area contributed by atoms with E-state index in [2.05, 4.69) is 15.9 Å². The third kappa shape index (κ3) is 4.70. The van der Waals surface area contributed by atoms with E-state index < -0.39 is 5.13 Å². The van der Waals surface area contributed by atoms with Crippen molar-refractivity contribution in [3.05, 3.63) is 0 Å². The molecule has 1 unspecified atom stereocenters. The van der Waals surface area contributed by atoms with Gasteiger partial charge in [-0.1, -0.05) is 27.5 Å². The highest BCUT2D eigenvalue weighted by Gasteiger charge is 2.14. The predicted molar refractivity (Wildman–Crippen MR) is 29.2 cm³/mol. The fraction of sp³-hybridized carbons (Fsp3) is 1.00. The summed E-state index contributed by atoms with van der Waals surface area (Å²) in [5, 5.41) is -1.39. The smallest absolute Gasteiger partial charge is 0.190 e. The van der Waals surface area contributed by atoms with E-state index in [9.17, 15) is 4.39 Å². The SMILES string of the molecule is CC(F)(Cl)CBr. The Hall–Kier alpha value is 0.700. The normalized spacial score (nSPS) is 20.0. The number of alkyl halides is 3. The fourth-order valence-corrected chi connectivity index (χ4v) is 0. The van der Waals surface area contributed by atoms with E-state index in [-0.39, 0.29) is 5.33 Å². The van der Waals surface area contributed by atoms with Crippen LogP contribution in [0.3, 0.4) is 0 Å². The van der Waals surface area contributed by atoms with Gasteiger partial charge in [-0.3, -0.25) is 0 Å². The molecule has 6 heavy (non-hydrogen) atoms. The first kappa shape index (κ1) is 6.70. The molecular formula is C3H5BrClF. The molecule has 0 rings (SSSR count). The van der Waals surface area contributed by atoms with Crippen LogP contribution in [0, 0.1) is 0 Å². The summed E-state index contributed by atoms with van der Waals surface area (Å²) < 4.78 is 11.8. The second kappa shape index (κ2) is 2.12. The van der Waals surface area contributed by atoms with Crippen molar-refractivity contribution < 1.29 is 4.39 Å². The first-order chi connectivity index (χ1) is 2.56. The molecule has 0 saturated carbocycles. The van der Waals surface area contributed by atoms with Gasteiger partial charge in [-0.25, -0.2) is 4.39 Å². The summed E-state index contributed by atoms with van der Waals surface area (Å²) in [4.78, 5) is 0. The zero-order chi connectivity index (χ0) is 5.21. The van der Waals surface area contributed by atoms with Crippen LogP contribution < -0.4 is 0 Å². The molecule has 0 aromatic carbocycles. The van der Waals surface area contributed by atoms with Gasteiger partial charge < -0.3 is 0 Å². The van der Waals surface area contributed by atoms with Crippen LogP contribution in [0.4, 0.5) is 4.39 Å². The van der Waals surface area contributed by atoms with Crippen molar-refractivity contribution in [2.24, 2.45) is 0 Å². The van der Waals surface area contributed by atoms with E-state index >= 15 is 0 Å². The number of halogens is 3. The summed E-state index contributed by atoms with van der Waals surface area (Å²) >= 11 is 7.87. The second-order valence-corrected chi connectivity index (χ2v) is 2.55. The number of hydrogen-bond acceptors (Lipinski definition) is 0. The zero-order valence-electron chi connectivity index (χ0n) is 3.34. The molecule has 0 heterocycles. The number of hydrogen-bond donors (Lipinski definition) is 0. The van der Waals surface area contributed by atoms with Crippen molar-refractivity contribution in [1.29, 1.82) is 0 Å². The molecule has 3 heteroatoms. The molecule has 0 aromatic rings. The molecule has 0 N–H and O–H groups in total. The van der Waals surface area contributed by atoms with Gasteiger partial charge in [0.15, 0.2) is 5.13 Å². The monoisotopic (exact) mass is 174 g/mol. The summed E-state index contributed by atoms with van der Waals surface area (Å²) in [6.45, 7) is 1.29. The Bertz CT molecular complexity index is 40.5. The largest absolute Gasteiger partial charge is 0.226 e. The molecule has 0 fully saturated rings. The van der Waals surface area contributed by atoms with Crippen molar-refractivity contribution >= 4 is 27.5 Å². The Morgan fingerprint density at radius 1 is 2.00 bits per heavy atom. The molecule has 0 aromatic heterocycles. The third-order valence-electron chi connectivity index (χ3n) is 0.235. The standard InChI is InChI=1S/C3H5BrClF/c1-3(5,6)2-4/h2H2,1H3. The van der Waals surface area contributed by atoms with Crippen molar-refractivity contribution in [3.8, 4) is 0 Å². The Morgan fingerprint density at radius 3 is 2.17 bits per heavy atom. The van der Waals surface area contributed by atoms with Crippen molar-refractivity contribution in [2.45, 2.75) is 12.1 Å². The fourth-order valence-electron chi connectivity index (χ4n) is 0. The lowest BCUT2D eigenvalue weighted by Crippen LogP contribution is -2.07. The molecule has 0 nitrogen and oxygen atoms in total. The van der Waals surface area contributed by atoms with Crippen molar-refractivity contribution in [3.63, 3.8) is 0 Å². The van der Waals surface area contributed by atoms with Gasteiger partial charge in [0.25, 0.3) is 0 Å². The lowest BCUT2D eigenvalue weighted by atomic mass is 10.5. The lowest BCUT2D eigenvalue weighted by Gasteiger charge is -2.02. The maximum Gasteiger partial charge on any atom is 0.190 e. The van der Waals surface area contributed by atoms with Crippen molar-refractivity contribution in [1.82, 2.24) is 0 Å². The lowest BCUT2D eigenvalue weighted by molar-refractivity contribution is 0.344. The Morgan fingerprint density at radius 2 is 2.17 bits per heavy atom. The maximum absolute atomic E-state index is 11.8. The van der Waals surface area contributed by atoms with Gasteiger partial charge in [0.2, 0.25) is 0 Å². The molecule has 0 radical (unpaired) electrons. The van der Waals surface area contributed by atoms with Crippen LogP contribution in [0.1, 0.15) is 6.92 Å². The molecule has 38 valence electrons. The molecule has 0 aliphatic carbocycles. The minimum atomic E-state index is -1.57. The van der Waals surface area contributed by atoms with Gasteiger partial charge in [0.05, 0.1) is 5.33 Å². The van der Waals surface area contributed by atoms with Crippen LogP contribution in [0.15, 0.2) is 0 Å². The molecule has 0 saturated heterocycles. The zero-order valence-corrected chi connectivity index (χ0v) is 5.68. The summed E-state index contributed by atoms with van der Waals surface area (Å²) in [5.41, 5.74) is 0. The summed E-state index contributed by atoms with van der Waals surface area (Å²) in [6, 6.07) is 0. The molecule has 0 aliphatic heterocycles. The second-order valence-electron chi connectivity index (χ2n) is 1.20. The van der Waals surface area contributed by atoms with Gasteiger partial charge in [0, 0.05) is 0 Å².